The molecule has 2 aromatic rings. The van der Waals surface area contributed by atoms with E-state index in [4.69, 9.17) is 0 Å². The molecular weight excluding hydrogens is 421 g/mol. The number of likely N-dealkylation sites (tertiary alicyclic amines) is 1. The number of carbonyl (C=O) groups is 2. The molecule has 2 aromatic carbocycles. The number of carbonyl (C=O) groups excluding carboxylic acids is 2. The largest absolute Gasteiger partial charge is 0.388 e. The number of nitrogens with zero attached hydrogens (tertiary/aromatic N) is 3. The van der Waals surface area contributed by atoms with Crippen molar-refractivity contribution in [1.82, 2.24) is 9.80 Å². The zero-order valence-corrected chi connectivity index (χ0v) is 19.1. The summed E-state index contributed by atoms with van der Waals surface area (Å²) in [6.45, 7) is 4.33. The molecule has 2 aliphatic rings. The minimum absolute atomic E-state index is 0.0962. The molecule has 2 amide bonds. The topological polar surface area (TPSA) is 64.1 Å². The third kappa shape index (κ3) is 5.53. The van der Waals surface area contributed by atoms with Crippen LogP contribution in [0, 0.1) is 5.82 Å². The average molecular weight is 454 g/mol. The van der Waals surface area contributed by atoms with E-state index in [0.717, 1.165) is 5.56 Å². The van der Waals surface area contributed by atoms with Gasteiger partial charge in [0.2, 0.25) is 11.8 Å². The highest BCUT2D eigenvalue weighted by molar-refractivity contribution is 5.83. The summed E-state index contributed by atoms with van der Waals surface area (Å²) in [7, 11) is 0. The van der Waals surface area contributed by atoms with Crippen LogP contribution in [0.2, 0.25) is 0 Å². The van der Waals surface area contributed by atoms with Crippen LogP contribution in [0.15, 0.2) is 54.6 Å². The molecule has 0 bridgehead atoms. The van der Waals surface area contributed by atoms with Crippen molar-refractivity contribution in [2.45, 2.75) is 37.7 Å². The van der Waals surface area contributed by atoms with Crippen LogP contribution in [0.5, 0.6) is 0 Å². The number of β-amino-alcohol motifs (C(OH)–C–C–N with tert-alkyl or cyclic N) is 1. The third-order valence-corrected chi connectivity index (χ3v) is 6.89. The molecule has 0 radical (unpaired) electrons. The van der Waals surface area contributed by atoms with Crippen LogP contribution in [-0.2, 0) is 9.59 Å². The van der Waals surface area contributed by atoms with E-state index in [9.17, 15) is 19.1 Å². The summed E-state index contributed by atoms with van der Waals surface area (Å²) in [6, 6.07) is 16.5. The van der Waals surface area contributed by atoms with E-state index in [1.165, 1.54) is 6.07 Å². The molecule has 2 fully saturated rings. The van der Waals surface area contributed by atoms with Crippen molar-refractivity contribution in [3.8, 4) is 0 Å². The van der Waals surface area contributed by atoms with Gasteiger partial charge in [0, 0.05) is 39.1 Å². The molecule has 33 heavy (non-hydrogen) atoms. The molecule has 2 heterocycles. The zero-order chi connectivity index (χ0) is 23.4. The van der Waals surface area contributed by atoms with E-state index >= 15 is 0 Å². The number of halogens is 1. The number of piperidine rings is 1. The van der Waals surface area contributed by atoms with Crippen molar-refractivity contribution in [3.63, 3.8) is 0 Å². The Morgan fingerprint density at radius 1 is 1.03 bits per heavy atom. The minimum atomic E-state index is -1.00. The second kappa shape index (κ2) is 9.91. The standard InChI is InChI=1S/C26H32FN3O3/c1-20(21-7-3-2-4-8-21)17-24(31)28-13-11-26(33,12-14-28)19-30-16-15-29(18-25(30)32)23-10-6-5-9-22(23)27/h2-10,20,33H,11-19H2,1H3. The molecule has 1 atom stereocenters. The molecule has 2 saturated heterocycles. The van der Waals surface area contributed by atoms with E-state index in [1.807, 2.05) is 35.2 Å². The second-order valence-electron chi connectivity index (χ2n) is 9.31. The second-order valence-corrected chi connectivity index (χ2v) is 9.31. The molecule has 2 aliphatic heterocycles. The highest BCUT2D eigenvalue weighted by Gasteiger charge is 2.38. The molecule has 0 saturated carbocycles. The maximum atomic E-state index is 14.1. The summed E-state index contributed by atoms with van der Waals surface area (Å²) in [5.74, 6) is -0.213. The lowest BCUT2D eigenvalue weighted by Gasteiger charge is -2.43. The van der Waals surface area contributed by atoms with E-state index in [2.05, 4.69) is 6.92 Å². The fraction of sp³-hybridized carbons (Fsp3) is 0.462. The Labute approximate surface area is 194 Å². The molecule has 4 rings (SSSR count). The van der Waals surface area contributed by atoms with Crippen molar-refractivity contribution in [2.24, 2.45) is 0 Å². The van der Waals surface area contributed by atoms with Gasteiger partial charge in [0.1, 0.15) is 5.82 Å². The van der Waals surface area contributed by atoms with Crippen LogP contribution >= 0.6 is 0 Å². The number of aliphatic hydroxyl groups is 1. The van der Waals surface area contributed by atoms with E-state index in [1.54, 1.807) is 28.0 Å². The number of amides is 2. The summed E-state index contributed by atoms with van der Waals surface area (Å²) < 4.78 is 14.1. The van der Waals surface area contributed by atoms with E-state index in [0.29, 0.717) is 51.1 Å². The fourth-order valence-electron chi connectivity index (χ4n) is 4.77. The fourth-order valence-corrected chi connectivity index (χ4v) is 4.77. The van der Waals surface area contributed by atoms with Gasteiger partial charge in [-0.05, 0) is 36.5 Å². The van der Waals surface area contributed by atoms with Crippen molar-refractivity contribution < 1.29 is 19.1 Å². The van der Waals surface area contributed by atoms with Crippen molar-refractivity contribution >= 4 is 17.5 Å². The summed E-state index contributed by atoms with van der Waals surface area (Å²) in [5.41, 5.74) is 0.575. The highest BCUT2D eigenvalue weighted by atomic mass is 19.1. The quantitative estimate of drug-likeness (QED) is 0.730. The lowest BCUT2D eigenvalue weighted by Crippen LogP contribution is -2.58. The zero-order valence-electron chi connectivity index (χ0n) is 19.1. The molecule has 0 aromatic heterocycles. The molecule has 6 nitrogen and oxygen atoms in total. The monoisotopic (exact) mass is 453 g/mol. The van der Waals surface area contributed by atoms with Gasteiger partial charge in [-0.1, -0.05) is 49.4 Å². The maximum Gasteiger partial charge on any atom is 0.242 e. The third-order valence-electron chi connectivity index (χ3n) is 6.89. The van der Waals surface area contributed by atoms with Gasteiger partial charge in [-0.3, -0.25) is 9.59 Å². The Bertz CT molecular complexity index is 976. The Morgan fingerprint density at radius 2 is 1.70 bits per heavy atom. The lowest BCUT2D eigenvalue weighted by atomic mass is 9.89. The first kappa shape index (κ1) is 23.2. The Morgan fingerprint density at radius 3 is 2.36 bits per heavy atom. The van der Waals surface area contributed by atoms with Gasteiger partial charge in [-0.2, -0.15) is 0 Å². The molecule has 1 N–H and O–H groups in total. The smallest absolute Gasteiger partial charge is 0.242 e. The predicted octanol–water partition coefficient (Wildman–Crippen LogP) is 3.02. The highest BCUT2D eigenvalue weighted by Crippen LogP contribution is 2.27. The van der Waals surface area contributed by atoms with Gasteiger partial charge in [0.05, 0.1) is 17.8 Å². The van der Waals surface area contributed by atoms with E-state index in [-0.39, 0.29) is 36.6 Å². The van der Waals surface area contributed by atoms with Crippen LogP contribution in [0.25, 0.3) is 0 Å². The van der Waals surface area contributed by atoms with Crippen molar-refractivity contribution in [2.75, 3.05) is 44.2 Å². The van der Waals surface area contributed by atoms with Gasteiger partial charge in [0.15, 0.2) is 0 Å². The van der Waals surface area contributed by atoms with Crippen LogP contribution in [0.3, 0.4) is 0 Å². The Kier molecular flexibility index (Phi) is 6.98. The molecule has 0 spiro atoms. The SMILES string of the molecule is CC(CC(=O)N1CCC(O)(CN2CCN(c3ccccc3F)CC2=O)CC1)c1ccccc1. The van der Waals surface area contributed by atoms with Crippen molar-refractivity contribution in [1.29, 1.82) is 0 Å². The first-order valence-corrected chi connectivity index (χ1v) is 11.7. The first-order chi connectivity index (χ1) is 15.8. The van der Waals surface area contributed by atoms with Gasteiger partial charge in [-0.15, -0.1) is 0 Å². The number of piperazine rings is 1. The van der Waals surface area contributed by atoms with Gasteiger partial charge >= 0.3 is 0 Å². The van der Waals surface area contributed by atoms with Gasteiger partial charge in [-0.25, -0.2) is 4.39 Å². The summed E-state index contributed by atoms with van der Waals surface area (Å²) >= 11 is 0. The van der Waals surface area contributed by atoms with Crippen LogP contribution < -0.4 is 4.90 Å². The molecule has 0 aliphatic carbocycles. The molecule has 7 heteroatoms. The number of para-hydroxylation sites is 1. The lowest BCUT2D eigenvalue weighted by molar-refractivity contribution is -0.142. The average Bonchev–Trinajstić information content (AvgIpc) is 2.81. The summed E-state index contributed by atoms with van der Waals surface area (Å²) in [4.78, 5) is 30.7. The van der Waals surface area contributed by atoms with Crippen LogP contribution in [-0.4, -0.2) is 71.6 Å². The number of hydrogen-bond donors (Lipinski definition) is 1. The van der Waals surface area contributed by atoms with Gasteiger partial charge < -0.3 is 19.8 Å². The van der Waals surface area contributed by atoms with Crippen molar-refractivity contribution in [3.05, 3.63) is 66.0 Å². The number of hydrogen-bond acceptors (Lipinski definition) is 4. The van der Waals surface area contributed by atoms with Crippen LogP contribution in [0.1, 0.15) is 37.7 Å². The first-order valence-electron chi connectivity index (χ1n) is 11.7. The predicted molar refractivity (Wildman–Crippen MR) is 125 cm³/mol. The minimum Gasteiger partial charge on any atom is -0.388 e. The van der Waals surface area contributed by atoms with Crippen LogP contribution in [0.4, 0.5) is 10.1 Å². The maximum absolute atomic E-state index is 14.1. The molecule has 176 valence electrons. The normalized spacial score (nSPS) is 19.5. The molecular formula is C26H32FN3O3. The summed E-state index contributed by atoms with van der Waals surface area (Å²) in [5, 5.41) is 11.1. The number of rotatable bonds is 6. The number of anilines is 1. The molecule has 1 unspecified atom stereocenters. The summed E-state index contributed by atoms with van der Waals surface area (Å²) in [6.07, 6.45) is 1.33. The van der Waals surface area contributed by atoms with E-state index < -0.39 is 5.60 Å². The van der Waals surface area contributed by atoms with Gasteiger partial charge in [0.25, 0.3) is 0 Å². The Balaban J connectivity index is 1.27. The number of benzene rings is 2. The Hall–Kier alpha value is -2.93.